The van der Waals surface area contributed by atoms with Crippen LogP contribution in [0.4, 0.5) is 0 Å². The van der Waals surface area contributed by atoms with Gasteiger partial charge in [-0.25, -0.2) is 4.79 Å². The van der Waals surface area contributed by atoms with Crippen LogP contribution >= 0.6 is 0 Å². The van der Waals surface area contributed by atoms with Crippen molar-refractivity contribution in [3.8, 4) is 0 Å². The van der Waals surface area contributed by atoms with Gasteiger partial charge in [0.25, 0.3) is 0 Å². The molecule has 0 aromatic heterocycles. The zero-order chi connectivity index (χ0) is 14.5. The summed E-state index contributed by atoms with van der Waals surface area (Å²) in [5.41, 5.74) is 7.47. The van der Waals surface area contributed by atoms with Crippen LogP contribution in [-0.2, 0) is 22.6 Å². The summed E-state index contributed by atoms with van der Waals surface area (Å²) in [6.07, 6.45) is 2.24. The maximum absolute atomic E-state index is 12.2. The fourth-order valence-electron chi connectivity index (χ4n) is 2.57. The number of carboxylic acid groups (broad SMARTS) is 1. The number of rotatable bonds is 5. The molecule has 0 saturated carbocycles. The lowest BCUT2D eigenvalue weighted by atomic mass is 9.93. The Balaban J connectivity index is 2.13. The Morgan fingerprint density at radius 1 is 1.25 bits per heavy atom. The van der Waals surface area contributed by atoms with Crippen LogP contribution in [0.1, 0.15) is 30.4 Å². The average Bonchev–Trinajstić information content (AvgIpc) is 2.46. The summed E-state index contributed by atoms with van der Waals surface area (Å²) in [6.45, 7) is 0.938. The molecule has 0 spiro atoms. The van der Waals surface area contributed by atoms with Crippen molar-refractivity contribution in [2.75, 3.05) is 6.54 Å². The van der Waals surface area contributed by atoms with Gasteiger partial charge in [-0.3, -0.25) is 4.79 Å². The average molecular weight is 276 g/mol. The smallest absolute Gasteiger partial charge is 0.326 e. The number of amides is 1. The Bertz CT molecular complexity index is 502. The molecule has 0 radical (unpaired) electrons. The van der Waals surface area contributed by atoms with Crippen LogP contribution in [0.3, 0.4) is 0 Å². The van der Waals surface area contributed by atoms with E-state index >= 15 is 0 Å². The minimum atomic E-state index is -0.938. The second kappa shape index (κ2) is 6.52. The first-order chi connectivity index (χ1) is 9.63. The fraction of sp³-hybridized carbons (Fsp3) is 0.467. The Hall–Kier alpha value is -1.88. The van der Waals surface area contributed by atoms with Gasteiger partial charge in [0, 0.05) is 19.4 Å². The number of carboxylic acids is 1. The van der Waals surface area contributed by atoms with Gasteiger partial charge in [0.15, 0.2) is 0 Å². The van der Waals surface area contributed by atoms with Crippen molar-refractivity contribution in [3.63, 3.8) is 0 Å². The molecule has 5 nitrogen and oxygen atoms in total. The number of nitrogens with two attached hydrogens (primary N) is 1. The molecule has 1 atom stereocenters. The first-order valence-corrected chi connectivity index (χ1v) is 6.92. The molecule has 0 fully saturated rings. The lowest BCUT2D eigenvalue weighted by molar-refractivity contribution is -0.151. The molecule has 1 aromatic carbocycles. The van der Waals surface area contributed by atoms with E-state index in [1.807, 2.05) is 24.3 Å². The molecule has 108 valence electrons. The zero-order valence-corrected chi connectivity index (χ0v) is 11.4. The summed E-state index contributed by atoms with van der Waals surface area (Å²) in [6, 6.07) is 6.94. The maximum Gasteiger partial charge on any atom is 0.326 e. The number of aliphatic carboxylic acids is 1. The summed E-state index contributed by atoms with van der Waals surface area (Å²) in [5, 5.41) is 9.34. The Labute approximate surface area is 118 Å². The maximum atomic E-state index is 12.2. The molecule has 2 rings (SSSR count). The van der Waals surface area contributed by atoms with Crippen LogP contribution in [-0.4, -0.2) is 34.5 Å². The Morgan fingerprint density at radius 3 is 2.60 bits per heavy atom. The van der Waals surface area contributed by atoms with E-state index in [1.54, 1.807) is 0 Å². The number of fused-ring (bicyclic) bond motifs is 1. The third-order valence-electron chi connectivity index (χ3n) is 3.70. The van der Waals surface area contributed by atoms with Crippen LogP contribution in [0, 0.1) is 0 Å². The molecule has 1 amide bonds. The summed E-state index contributed by atoms with van der Waals surface area (Å²) in [4.78, 5) is 25.1. The molecule has 5 heteroatoms. The number of benzene rings is 1. The van der Waals surface area contributed by atoms with Gasteiger partial charge in [0.05, 0.1) is 0 Å². The SMILES string of the molecule is NCCCCC(=O)N1Cc2ccccc2CC1C(=O)O. The predicted molar refractivity (Wildman–Crippen MR) is 75.0 cm³/mol. The zero-order valence-electron chi connectivity index (χ0n) is 11.4. The molecule has 0 aliphatic carbocycles. The quantitative estimate of drug-likeness (QED) is 0.790. The van der Waals surface area contributed by atoms with Crippen molar-refractivity contribution in [2.45, 2.75) is 38.3 Å². The third-order valence-corrected chi connectivity index (χ3v) is 3.70. The van der Waals surface area contributed by atoms with Crippen molar-refractivity contribution in [1.82, 2.24) is 4.90 Å². The first-order valence-electron chi connectivity index (χ1n) is 6.92. The predicted octanol–water partition coefficient (Wildman–Crippen LogP) is 1.15. The highest BCUT2D eigenvalue weighted by Gasteiger charge is 2.33. The molecule has 0 saturated heterocycles. The number of nitrogens with zero attached hydrogens (tertiary/aromatic N) is 1. The van der Waals surface area contributed by atoms with Crippen molar-refractivity contribution in [2.24, 2.45) is 5.73 Å². The van der Waals surface area contributed by atoms with Gasteiger partial charge in [-0.1, -0.05) is 24.3 Å². The molecule has 1 aliphatic heterocycles. The molecule has 1 aromatic rings. The normalized spacial score (nSPS) is 17.6. The highest BCUT2D eigenvalue weighted by atomic mass is 16.4. The second-order valence-corrected chi connectivity index (χ2v) is 5.09. The molecule has 20 heavy (non-hydrogen) atoms. The van der Waals surface area contributed by atoms with E-state index in [4.69, 9.17) is 5.73 Å². The van der Waals surface area contributed by atoms with Crippen molar-refractivity contribution < 1.29 is 14.7 Å². The van der Waals surface area contributed by atoms with Gasteiger partial charge in [-0.05, 0) is 30.5 Å². The van der Waals surface area contributed by atoms with Gasteiger partial charge in [0.1, 0.15) is 6.04 Å². The van der Waals surface area contributed by atoms with Crippen molar-refractivity contribution >= 4 is 11.9 Å². The van der Waals surface area contributed by atoms with Crippen LogP contribution in [0.25, 0.3) is 0 Å². The van der Waals surface area contributed by atoms with Gasteiger partial charge < -0.3 is 15.7 Å². The standard InChI is InChI=1S/C15H20N2O3/c16-8-4-3-7-14(18)17-10-12-6-2-1-5-11(12)9-13(17)15(19)20/h1-2,5-6,13H,3-4,7-10,16H2,(H,19,20). The fourth-order valence-corrected chi connectivity index (χ4v) is 2.57. The first kappa shape index (κ1) is 14.5. The minimum Gasteiger partial charge on any atom is -0.480 e. The van der Waals surface area contributed by atoms with E-state index in [0.29, 0.717) is 32.4 Å². The van der Waals surface area contributed by atoms with E-state index in [1.165, 1.54) is 4.90 Å². The van der Waals surface area contributed by atoms with E-state index in [0.717, 1.165) is 17.5 Å². The number of unbranched alkanes of at least 4 members (excludes halogenated alkanes) is 1. The Kier molecular flexibility index (Phi) is 4.74. The van der Waals surface area contributed by atoms with Crippen molar-refractivity contribution in [1.29, 1.82) is 0 Å². The molecular weight excluding hydrogens is 256 g/mol. The van der Waals surface area contributed by atoms with Gasteiger partial charge in [-0.15, -0.1) is 0 Å². The van der Waals surface area contributed by atoms with Crippen molar-refractivity contribution in [3.05, 3.63) is 35.4 Å². The number of hydrogen-bond donors (Lipinski definition) is 2. The summed E-state index contributed by atoms with van der Waals surface area (Å²) >= 11 is 0. The monoisotopic (exact) mass is 276 g/mol. The van der Waals surface area contributed by atoms with Crippen LogP contribution < -0.4 is 5.73 Å². The molecule has 1 heterocycles. The summed E-state index contributed by atoms with van der Waals surface area (Å²) in [5.74, 6) is -1.04. The minimum absolute atomic E-state index is 0.0969. The lowest BCUT2D eigenvalue weighted by Gasteiger charge is -2.34. The van der Waals surface area contributed by atoms with Crippen LogP contribution in [0.5, 0.6) is 0 Å². The number of carbonyl (C=O) groups is 2. The van der Waals surface area contributed by atoms with E-state index in [-0.39, 0.29) is 5.91 Å². The van der Waals surface area contributed by atoms with E-state index in [2.05, 4.69) is 0 Å². The number of hydrogen-bond acceptors (Lipinski definition) is 3. The number of carbonyl (C=O) groups excluding carboxylic acids is 1. The van der Waals surface area contributed by atoms with Gasteiger partial charge >= 0.3 is 5.97 Å². The second-order valence-electron chi connectivity index (χ2n) is 5.09. The molecule has 1 unspecified atom stereocenters. The molecular formula is C15H20N2O3. The van der Waals surface area contributed by atoms with E-state index in [9.17, 15) is 14.7 Å². The van der Waals surface area contributed by atoms with Gasteiger partial charge in [0.2, 0.25) is 5.91 Å². The Morgan fingerprint density at radius 2 is 1.95 bits per heavy atom. The molecule has 0 bridgehead atoms. The van der Waals surface area contributed by atoms with E-state index < -0.39 is 12.0 Å². The lowest BCUT2D eigenvalue weighted by Crippen LogP contribution is -2.48. The highest BCUT2D eigenvalue weighted by molar-refractivity contribution is 5.84. The summed E-state index contributed by atoms with van der Waals surface area (Å²) in [7, 11) is 0. The molecule has 1 aliphatic rings. The largest absolute Gasteiger partial charge is 0.480 e. The van der Waals surface area contributed by atoms with Crippen LogP contribution in [0.2, 0.25) is 0 Å². The third kappa shape index (κ3) is 3.17. The van der Waals surface area contributed by atoms with Crippen LogP contribution in [0.15, 0.2) is 24.3 Å². The topological polar surface area (TPSA) is 83.6 Å². The summed E-state index contributed by atoms with van der Waals surface area (Å²) < 4.78 is 0. The molecule has 3 N–H and O–H groups in total. The van der Waals surface area contributed by atoms with Gasteiger partial charge in [-0.2, -0.15) is 0 Å². The highest BCUT2D eigenvalue weighted by Crippen LogP contribution is 2.24.